The van der Waals surface area contributed by atoms with Gasteiger partial charge in [-0.25, -0.2) is 0 Å². The average Bonchev–Trinajstić information content (AvgIpc) is 2.90. The summed E-state index contributed by atoms with van der Waals surface area (Å²) < 4.78 is 7.08. The fraction of sp³-hybridized carbons (Fsp3) is 0.308. The normalized spacial score (nSPS) is 11.8. The zero-order chi connectivity index (χ0) is 13.5. The SMILES string of the molecule is C[C@H](Cn1cccn1)NC(=O)COc1cccnc1. The van der Waals surface area contributed by atoms with Crippen LogP contribution in [0.15, 0.2) is 43.0 Å². The lowest BCUT2D eigenvalue weighted by molar-refractivity contribution is -0.123. The first kappa shape index (κ1) is 13.1. The summed E-state index contributed by atoms with van der Waals surface area (Å²) in [7, 11) is 0. The van der Waals surface area contributed by atoms with E-state index >= 15 is 0 Å². The van der Waals surface area contributed by atoms with E-state index in [2.05, 4.69) is 15.4 Å². The molecule has 0 radical (unpaired) electrons. The molecule has 6 heteroatoms. The molecule has 0 aliphatic carbocycles. The highest BCUT2D eigenvalue weighted by Gasteiger charge is 2.08. The van der Waals surface area contributed by atoms with Gasteiger partial charge in [0.15, 0.2) is 6.61 Å². The van der Waals surface area contributed by atoms with Gasteiger partial charge < -0.3 is 10.1 Å². The second-order valence-corrected chi connectivity index (χ2v) is 4.17. The van der Waals surface area contributed by atoms with E-state index in [0.717, 1.165) is 0 Å². The van der Waals surface area contributed by atoms with Gasteiger partial charge in [-0.1, -0.05) is 0 Å². The number of ether oxygens (including phenoxy) is 1. The molecule has 1 atom stereocenters. The second-order valence-electron chi connectivity index (χ2n) is 4.17. The van der Waals surface area contributed by atoms with E-state index in [-0.39, 0.29) is 18.6 Å². The highest BCUT2D eigenvalue weighted by molar-refractivity contribution is 5.77. The van der Waals surface area contributed by atoms with Crippen molar-refractivity contribution in [3.05, 3.63) is 43.0 Å². The van der Waals surface area contributed by atoms with Crippen molar-refractivity contribution < 1.29 is 9.53 Å². The van der Waals surface area contributed by atoms with Gasteiger partial charge in [-0.05, 0) is 25.1 Å². The van der Waals surface area contributed by atoms with Crippen LogP contribution in [0.3, 0.4) is 0 Å². The third-order valence-corrected chi connectivity index (χ3v) is 2.43. The minimum Gasteiger partial charge on any atom is -0.482 e. The molecule has 0 bridgehead atoms. The van der Waals surface area contributed by atoms with E-state index in [4.69, 9.17) is 4.74 Å². The Kier molecular flexibility index (Phi) is 4.49. The van der Waals surface area contributed by atoms with Gasteiger partial charge in [0.2, 0.25) is 0 Å². The van der Waals surface area contributed by atoms with Gasteiger partial charge in [0.05, 0.1) is 12.7 Å². The van der Waals surface area contributed by atoms with Crippen molar-refractivity contribution in [2.24, 2.45) is 0 Å². The molecule has 0 aliphatic heterocycles. The number of pyridine rings is 1. The number of hydrogen-bond donors (Lipinski definition) is 1. The summed E-state index contributed by atoms with van der Waals surface area (Å²) >= 11 is 0. The van der Waals surface area contributed by atoms with Crippen molar-refractivity contribution in [1.82, 2.24) is 20.1 Å². The number of aromatic nitrogens is 3. The van der Waals surface area contributed by atoms with Crippen molar-refractivity contribution in [2.75, 3.05) is 6.61 Å². The molecule has 2 heterocycles. The summed E-state index contributed by atoms with van der Waals surface area (Å²) in [5, 5.41) is 6.93. The molecule has 0 saturated carbocycles. The van der Waals surface area contributed by atoms with Gasteiger partial charge in [-0.15, -0.1) is 0 Å². The molecule has 0 aliphatic rings. The maximum absolute atomic E-state index is 11.7. The van der Waals surface area contributed by atoms with Crippen LogP contribution in [0.5, 0.6) is 5.75 Å². The van der Waals surface area contributed by atoms with Crippen molar-refractivity contribution >= 4 is 5.91 Å². The maximum Gasteiger partial charge on any atom is 0.258 e. The van der Waals surface area contributed by atoms with Crippen LogP contribution < -0.4 is 10.1 Å². The zero-order valence-electron chi connectivity index (χ0n) is 10.7. The second kappa shape index (κ2) is 6.53. The van der Waals surface area contributed by atoms with Crippen LogP contribution in [-0.4, -0.2) is 33.3 Å². The first-order valence-corrected chi connectivity index (χ1v) is 6.03. The molecule has 19 heavy (non-hydrogen) atoms. The van der Waals surface area contributed by atoms with E-state index in [1.54, 1.807) is 35.4 Å². The minimum absolute atomic E-state index is 0.00935. The van der Waals surface area contributed by atoms with Crippen LogP contribution in [0, 0.1) is 0 Å². The molecule has 0 fully saturated rings. The van der Waals surface area contributed by atoms with Crippen LogP contribution >= 0.6 is 0 Å². The average molecular weight is 260 g/mol. The highest BCUT2D eigenvalue weighted by Crippen LogP contribution is 2.05. The quantitative estimate of drug-likeness (QED) is 0.836. The van der Waals surface area contributed by atoms with Gasteiger partial charge in [0, 0.05) is 24.6 Å². The molecule has 2 aromatic rings. The Morgan fingerprint density at radius 1 is 1.47 bits per heavy atom. The summed E-state index contributed by atoms with van der Waals surface area (Å²) in [6.45, 7) is 2.53. The van der Waals surface area contributed by atoms with Crippen LogP contribution in [0.1, 0.15) is 6.92 Å². The molecule has 1 amide bonds. The Labute approximate surface area is 111 Å². The van der Waals surface area contributed by atoms with Gasteiger partial charge in [0.25, 0.3) is 5.91 Å². The molecular formula is C13H16N4O2. The van der Waals surface area contributed by atoms with E-state index < -0.39 is 0 Å². The number of rotatable bonds is 6. The van der Waals surface area contributed by atoms with E-state index in [0.29, 0.717) is 12.3 Å². The van der Waals surface area contributed by atoms with Crippen LogP contribution in [-0.2, 0) is 11.3 Å². The first-order valence-electron chi connectivity index (χ1n) is 6.03. The maximum atomic E-state index is 11.7. The van der Waals surface area contributed by atoms with Gasteiger partial charge >= 0.3 is 0 Å². The zero-order valence-corrected chi connectivity index (χ0v) is 10.7. The summed E-state index contributed by atoms with van der Waals surface area (Å²) in [4.78, 5) is 15.6. The molecule has 2 aromatic heterocycles. The summed E-state index contributed by atoms with van der Waals surface area (Å²) in [5.74, 6) is 0.417. The van der Waals surface area contributed by atoms with Gasteiger partial charge in [-0.3, -0.25) is 14.5 Å². The molecule has 2 rings (SSSR count). The van der Waals surface area contributed by atoms with Crippen molar-refractivity contribution in [2.45, 2.75) is 19.5 Å². The molecule has 0 aromatic carbocycles. The molecule has 0 unspecified atom stereocenters. The third kappa shape index (κ3) is 4.42. The molecule has 0 saturated heterocycles. The molecule has 100 valence electrons. The predicted molar refractivity (Wildman–Crippen MR) is 69.6 cm³/mol. The fourth-order valence-corrected chi connectivity index (χ4v) is 1.63. The van der Waals surface area contributed by atoms with Crippen LogP contribution in [0.25, 0.3) is 0 Å². The van der Waals surface area contributed by atoms with E-state index in [1.807, 2.05) is 19.2 Å². The highest BCUT2D eigenvalue weighted by atomic mass is 16.5. The standard InChI is InChI=1S/C13H16N4O2/c1-11(9-17-7-3-6-15-17)16-13(18)10-19-12-4-2-5-14-8-12/h2-8,11H,9-10H2,1H3,(H,16,18)/t11-/m1/s1. The van der Waals surface area contributed by atoms with Gasteiger partial charge in [0.1, 0.15) is 5.75 Å². The Bertz CT molecular complexity index is 499. The monoisotopic (exact) mass is 260 g/mol. The number of nitrogens with zero attached hydrogens (tertiary/aromatic N) is 3. The van der Waals surface area contributed by atoms with E-state index in [9.17, 15) is 4.79 Å². The third-order valence-electron chi connectivity index (χ3n) is 2.43. The Balaban J connectivity index is 1.72. The van der Waals surface area contributed by atoms with Crippen LogP contribution in [0.2, 0.25) is 0 Å². The number of carbonyl (C=O) groups is 1. The lowest BCUT2D eigenvalue weighted by Crippen LogP contribution is -2.38. The number of amides is 1. The Hall–Kier alpha value is -2.37. The summed E-state index contributed by atoms with van der Waals surface area (Å²) in [6.07, 6.45) is 6.79. The van der Waals surface area contributed by atoms with Crippen molar-refractivity contribution in [3.8, 4) is 5.75 Å². The van der Waals surface area contributed by atoms with Gasteiger partial charge in [-0.2, -0.15) is 5.10 Å². The topological polar surface area (TPSA) is 69.0 Å². The fourth-order valence-electron chi connectivity index (χ4n) is 1.63. The molecule has 1 N–H and O–H groups in total. The number of carbonyl (C=O) groups excluding carboxylic acids is 1. The van der Waals surface area contributed by atoms with E-state index in [1.165, 1.54) is 0 Å². The first-order chi connectivity index (χ1) is 9.24. The Morgan fingerprint density at radius 3 is 3.05 bits per heavy atom. The summed E-state index contributed by atoms with van der Waals surface area (Å²) in [6, 6.07) is 5.35. The van der Waals surface area contributed by atoms with Crippen molar-refractivity contribution in [1.29, 1.82) is 0 Å². The smallest absolute Gasteiger partial charge is 0.258 e. The van der Waals surface area contributed by atoms with Crippen molar-refractivity contribution in [3.63, 3.8) is 0 Å². The number of nitrogens with one attached hydrogen (secondary N) is 1. The lowest BCUT2D eigenvalue weighted by Gasteiger charge is -2.14. The minimum atomic E-state index is -0.163. The Morgan fingerprint density at radius 2 is 2.37 bits per heavy atom. The number of hydrogen-bond acceptors (Lipinski definition) is 4. The predicted octanol–water partition coefficient (Wildman–Crippen LogP) is 0.862. The largest absolute Gasteiger partial charge is 0.482 e. The summed E-state index contributed by atoms with van der Waals surface area (Å²) in [5.41, 5.74) is 0. The lowest BCUT2D eigenvalue weighted by atomic mass is 10.3. The molecule has 6 nitrogen and oxygen atoms in total. The van der Waals surface area contributed by atoms with Crippen LogP contribution in [0.4, 0.5) is 0 Å². The molecule has 0 spiro atoms. The molecular weight excluding hydrogens is 244 g/mol.